The first-order valence-electron chi connectivity index (χ1n) is 13.0. The highest BCUT2D eigenvalue weighted by Gasteiger charge is 2.36. The molecule has 204 valence electrons. The van der Waals surface area contributed by atoms with E-state index in [1.807, 2.05) is 28.9 Å². The number of halogens is 4. The van der Waals surface area contributed by atoms with Crippen LogP contribution in [0.15, 0.2) is 35.3 Å². The molecule has 1 aliphatic heterocycles. The van der Waals surface area contributed by atoms with Crippen LogP contribution in [0.5, 0.6) is 0 Å². The lowest BCUT2D eigenvalue weighted by atomic mass is 9.89. The van der Waals surface area contributed by atoms with Gasteiger partial charge in [-0.15, -0.1) is 0 Å². The van der Waals surface area contributed by atoms with E-state index in [1.54, 1.807) is 6.07 Å². The number of amides is 1. The molecule has 6 nitrogen and oxygen atoms in total. The summed E-state index contributed by atoms with van der Waals surface area (Å²) in [6.45, 7) is 3.61. The Bertz CT molecular complexity index is 1260. The van der Waals surface area contributed by atoms with Gasteiger partial charge >= 0.3 is 6.18 Å². The molecule has 2 heterocycles. The number of benzene rings is 1. The van der Waals surface area contributed by atoms with Crippen LogP contribution in [0.3, 0.4) is 0 Å². The molecule has 1 saturated heterocycles. The summed E-state index contributed by atoms with van der Waals surface area (Å²) in [6.07, 6.45) is 1.50. The Balaban J connectivity index is 1.66. The average Bonchev–Trinajstić information content (AvgIpc) is 2.89. The predicted molar refractivity (Wildman–Crippen MR) is 139 cm³/mol. The molecule has 0 unspecified atom stereocenters. The number of rotatable bonds is 5. The number of hydrogen-bond donors (Lipinski definition) is 2. The van der Waals surface area contributed by atoms with Gasteiger partial charge in [-0.2, -0.15) is 13.2 Å². The topological polar surface area (TPSA) is 68.4 Å². The van der Waals surface area contributed by atoms with Gasteiger partial charge in [-0.3, -0.25) is 14.5 Å². The molecule has 1 amide bonds. The van der Waals surface area contributed by atoms with Crippen LogP contribution in [-0.2, 0) is 6.18 Å². The number of aromatic nitrogens is 1. The maximum absolute atomic E-state index is 13.6. The zero-order chi connectivity index (χ0) is 27.3. The highest BCUT2D eigenvalue weighted by Crippen LogP contribution is 2.33. The average molecular weight is 533 g/mol. The van der Waals surface area contributed by atoms with E-state index < -0.39 is 35.4 Å². The Kier molecular flexibility index (Phi) is 8.77. The zero-order valence-electron chi connectivity index (χ0n) is 21.3. The molecular weight excluding hydrogens is 500 g/mol. The number of carbonyl (C=O) groups excluding carboxylic acids is 1. The SMILES string of the molecule is C[C@H]1CN(c2ccc(C#CC3CCCCC3)cc2NC(=O)c2c[nH]c(=O)cc2C(F)(F)F)CCN1CCF. The molecule has 1 aromatic heterocycles. The smallest absolute Gasteiger partial charge is 0.367 e. The number of nitrogens with one attached hydrogen (secondary N) is 2. The van der Waals surface area contributed by atoms with Gasteiger partial charge < -0.3 is 15.2 Å². The largest absolute Gasteiger partial charge is 0.417 e. The minimum Gasteiger partial charge on any atom is -0.367 e. The third-order valence-corrected chi connectivity index (χ3v) is 7.22. The quantitative estimate of drug-likeness (QED) is 0.418. The van der Waals surface area contributed by atoms with Crippen LogP contribution in [0, 0.1) is 17.8 Å². The van der Waals surface area contributed by atoms with E-state index in [0.29, 0.717) is 55.1 Å². The molecule has 0 spiro atoms. The Morgan fingerprint density at radius 1 is 1.16 bits per heavy atom. The fraction of sp³-hybridized carbons (Fsp3) is 0.500. The van der Waals surface area contributed by atoms with Crippen molar-refractivity contribution in [2.24, 2.45) is 5.92 Å². The molecule has 1 saturated carbocycles. The van der Waals surface area contributed by atoms with E-state index in [4.69, 9.17) is 0 Å². The lowest BCUT2D eigenvalue weighted by Crippen LogP contribution is -2.52. The van der Waals surface area contributed by atoms with Gasteiger partial charge in [0, 0.05) is 56.0 Å². The summed E-state index contributed by atoms with van der Waals surface area (Å²) < 4.78 is 53.7. The minimum atomic E-state index is -4.88. The number of alkyl halides is 4. The molecule has 2 fully saturated rings. The lowest BCUT2D eigenvalue weighted by molar-refractivity contribution is -0.138. The zero-order valence-corrected chi connectivity index (χ0v) is 21.3. The first-order chi connectivity index (χ1) is 18.2. The number of aromatic amines is 1. The van der Waals surface area contributed by atoms with Crippen LogP contribution in [0.4, 0.5) is 28.9 Å². The highest BCUT2D eigenvalue weighted by atomic mass is 19.4. The van der Waals surface area contributed by atoms with Crippen LogP contribution in [0.25, 0.3) is 0 Å². The maximum Gasteiger partial charge on any atom is 0.417 e. The molecule has 1 aliphatic carbocycles. The summed E-state index contributed by atoms with van der Waals surface area (Å²) in [5, 5.41) is 2.64. The normalized spacial score (nSPS) is 19.1. The number of hydrogen-bond acceptors (Lipinski definition) is 4. The second-order valence-corrected chi connectivity index (χ2v) is 9.93. The molecule has 2 aromatic rings. The first kappa shape index (κ1) is 27.7. The number of piperazine rings is 1. The summed E-state index contributed by atoms with van der Waals surface area (Å²) >= 11 is 0. The molecule has 4 rings (SSSR count). The van der Waals surface area contributed by atoms with Gasteiger partial charge in [0.05, 0.1) is 22.5 Å². The van der Waals surface area contributed by atoms with Gasteiger partial charge in [0.15, 0.2) is 0 Å². The van der Waals surface area contributed by atoms with Crippen molar-refractivity contribution in [3.63, 3.8) is 0 Å². The minimum absolute atomic E-state index is 0.0462. The first-order valence-corrected chi connectivity index (χ1v) is 13.0. The number of H-pyrrole nitrogens is 1. The number of carbonyl (C=O) groups is 1. The van der Waals surface area contributed by atoms with Crippen molar-refractivity contribution in [1.82, 2.24) is 9.88 Å². The second kappa shape index (κ2) is 12.0. The summed E-state index contributed by atoms with van der Waals surface area (Å²) in [5.74, 6) is 5.80. The summed E-state index contributed by atoms with van der Waals surface area (Å²) in [5.41, 5.74) is -1.31. The van der Waals surface area contributed by atoms with Crippen molar-refractivity contribution >= 4 is 17.3 Å². The molecule has 2 aliphatic rings. The second-order valence-electron chi connectivity index (χ2n) is 9.93. The number of nitrogens with zero attached hydrogens (tertiary/aromatic N) is 2. The molecule has 1 aromatic carbocycles. The monoisotopic (exact) mass is 532 g/mol. The van der Waals surface area contributed by atoms with Crippen LogP contribution in [0.1, 0.15) is 60.5 Å². The fourth-order valence-corrected chi connectivity index (χ4v) is 5.16. The highest BCUT2D eigenvalue weighted by molar-refractivity contribution is 6.07. The molecular formula is C28H32F4N4O2. The van der Waals surface area contributed by atoms with Crippen molar-refractivity contribution in [3.05, 3.63) is 57.5 Å². The van der Waals surface area contributed by atoms with E-state index in [0.717, 1.165) is 31.9 Å². The molecule has 10 heteroatoms. The Labute approximate surface area is 219 Å². The molecule has 38 heavy (non-hydrogen) atoms. The molecule has 1 atom stereocenters. The fourth-order valence-electron chi connectivity index (χ4n) is 5.16. The Morgan fingerprint density at radius 2 is 1.92 bits per heavy atom. The summed E-state index contributed by atoms with van der Waals surface area (Å²) in [4.78, 5) is 30.9. The maximum atomic E-state index is 13.6. The van der Waals surface area contributed by atoms with Gasteiger partial charge in [-0.1, -0.05) is 31.1 Å². The summed E-state index contributed by atoms with van der Waals surface area (Å²) in [6, 6.07) is 5.77. The Morgan fingerprint density at radius 3 is 2.61 bits per heavy atom. The number of pyridine rings is 1. The molecule has 0 bridgehead atoms. The lowest BCUT2D eigenvalue weighted by Gasteiger charge is -2.41. The van der Waals surface area contributed by atoms with E-state index >= 15 is 0 Å². The summed E-state index contributed by atoms with van der Waals surface area (Å²) in [7, 11) is 0. The number of anilines is 2. The van der Waals surface area contributed by atoms with Crippen LogP contribution < -0.4 is 15.8 Å². The van der Waals surface area contributed by atoms with Crippen LogP contribution in [-0.4, -0.2) is 54.7 Å². The van der Waals surface area contributed by atoms with Crippen LogP contribution >= 0.6 is 0 Å². The third-order valence-electron chi connectivity index (χ3n) is 7.22. The van der Waals surface area contributed by atoms with Gasteiger partial charge in [0.1, 0.15) is 6.67 Å². The standard InChI is InChI=1S/C28H32F4N4O2/c1-19-18-36(14-13-35(19)12-11-29)25-10-9-21(8-7-20-5-3-2-4-6-20)15-24(25)34-27(38)22-17-33-26(37)16-23(22)28(30,31)32/h9-10,15-17,19-20H,2-6,11-14,18H2,1H3,(H,33,37)(H,34,38)/t19-/m0/s1. The van der Waals surface area contributed by atoms with Gasteiger partial charge in [0.2, 0.25) is 5.56 Å². The van der Waals surface area contributed by atoms with E-state index in [9.17, 15) is 27.2 Å². The van der Waals surface area contributed by atoms with Crippen molar-refractivity contribution < 1.29 is 22.4 Å². The predicted octanol–water partition coefficient (Wildman–Crippen LogP) is 5.06. The molecule has 2 N–H and O–H groups in total. The van der Waals surface area contributed by atoms with Gasteiger partial charge in [-0.25, -0.2) is 4.39 Å². The van der Waals surface area contributed by atoms with E-state index in [1.165, 1.54) is 6.42 Å². The third kappa shape index (κ3) is 6.76. The molecule has 0 radical (unpaired) electrons. The van der Waals surface area contributed by atoms with Crippen LogP contribution in [0.2, 0.25) is 0 Å². The Hall–Kier alpha value is -3.32. The van der Waals surface area contributed by atoms with Gasteiger partial charge in [-0.05, 0) is 38.0 Å². The van der Waals surface area contributed by atoms with Crippen molar-refractivity contribution in [3.8, 4) is 11.8 Å². The van der Waals surface area contributed by atoms with Crippen molar-refractivity contribution in [1.29, 1.82) is 0 Å². The van der Waals surface area contributed by atoms with Crippen molar-refractivity contribution in [2.45, 2.75) is 51.2 Å². The van der Waals surface area contributed by atoms with E-state index in [-0.39, 0.29) is 6.04 Å². The van der Waals surface area contributed by atoms with Crippen molar-refractivity contribution in [2.75, 3.05) is 43.1 Å². The van der Waals surface area contributed by atoms with E-state index in [2.05, 4.69) is 22.1 Å². The van der Waals surface area contributed by atoms with Gasteiger partial charge in [0.25, 0.3) is 5.91 Å².